The van der Waals surface area contributed by atoms with Crippen molar-refractivity contribution in [2.24, 2.45) is 0 Å². The molecule has 1 fully saturated rings. The topological polar surface area (TPSA) is 29.5 Å². The Hall–Kier alpha value is -1.41. The fourth-order valence-corrected chi connectivity index (χ4v) is 5.54. The standard InChI is InChI=1S/C18H22NO2P/c20-22(17-7-3-1-4-8-17,18-9-5-2-6-10-18)16-13-19-11-14-21-15-12-19/h1-10H,11-16H2. The van der Waals surface area contributed by atoms with Gasteiger partial charge in [-0.3, -0.25) is 4.90 Å². The summed E-state index contributed by atoms with van der Waals surface area (Å²) < 4.78 is 19.2. The number of ether oxygens (including phenoxy) is 1. The van der Waals surface area contributed by atoms with Crippen molar-refractivity contribution in [3.05, 3.63) is 60.7 Å². The molecule has 0 atom stereocenters. The third-order valence-corrected chi connectivity index (χ3v) is 7.28. The average Bonchev–Trinajstić information content (AvgIpc) is 2.62. The number of benzene rings is 2. The highest BCUT2D eigenvalue weighted by Crippen LogP contribution is 2.42. The first-order chi connectivity index (χ1) is 10.8. The van der Waals surface area contributed by atoms with Gasteiger partial charge in [0.1, 0.15) is 7.14 Å². The van der Waals surface area contributed by atoms with Crippen LogP contribution in [0.4, 0.5) is 0 Å². The van der Waals surface area contributed by atoms with Crippen molar-refractivity contribution in [3.63, 3.8) is 0 Å². The van der Waals surface area contributed by atoms with E-state index in [2.05, 4.69) is 4.90 Å². The lowest BCUT2D eigenvalue weighted by molar-refractivity contribution is 0.0408. The monoisotopic (exact) mass is 315 g/mol. The Bertz CT molecular complexity index is 581. The summed E-state index contributed by atoms with van der Waals surface area (Å²) >= 11 is 0. The van der Waals surface area contributed by atoms with Crippen molar-refractivity contribution < 1.29 is 9.30 Å². The molecule has 0 aliphatic carbocycles. The number of nitrogens with zero attached hydrogens (tertiary/aromatic N) is 1. The normalized spacial score (nSPS) is 16.5. The highest BCUT2D eigenvalue weighted by Gasteiger charge is 2.27. The highest BCUT2D eigenvalue weighted by molar-refractivity contribution is 7.78. The molecule has 22 heavy (non-hydrogen) atoms. The third-order valence-electron chi connectivity index (χ3n) is 4.18. The summed E-state index contributed by atoms with van der Waals surface area (Å²) in [6.07, 6.45) is 0.682. The SMILES string of the molecule is O=P(CCN1CCOCC1)(c1ccccc1)c1ccccc1. The highest BCUT2D eigenvalue weighted by atomic mass is 31.2. The van der Waals surface area contributed by atoms with Crippen LogP contribution in [-0.4, -0.2) is 43.9 Å². The molecule has 0 N–H and O–H groups in total. The van der Waals surface area contributed by atoms with Crippen LogP contribution in [0.1, 0.15) is 0 Å². The van der Waals surface area contributed by atoms with E-state index in [0.717, 1.165) is 43.5 Å². The second-order valence-corrected chi connectivity index (χ2v) is 8.55. The molecule has 0 aromatic heterocycles. The molecule has 2 aromatic carbocycles. The molecule has 4 heteroatoms. The maximum absolute atomic E-state index is 13.8. The Morgan fingerprint density at radius 3 is 1.86 bits per heavy atom. The fraction of sp³-hybridized carbons (Fsp3) is 0.333. The first-order valence-electron chi connectivity index (χ1n) is 7.79. The van der Waals surface area contributed by atoms with Crippen LogP contribution >= 0.6 is 7.14 Å². The maximum Gasteiger partial charge on any atom is 0.144 e. The molecule has 0 unspecified atom stereocenters. The lowest BCUT2D eigenvalue weighted by Gasteiger charge is -2.28. The first-order valence-corrected chi connectivity index (χ1v) is 9.69. The van der Waals surface area contributed by atoms with E-state index in [9.17, 15) is 4.57 Å². The predicted octanol–water partition coefficient (Wildman–Crippen LogP) is 2.33. The minimum absolute atomic E-state index is 0.682. The van der Waals surface area contributed by atoms with Crippen molar-refractivity contribution in [1.29, 1.82) is 0 Å². The molecule has 1 saturated heterocycles. The molecular weight excluding hydrogens is 293 g/mol. The van der Waals surface area contributed by atoms with Crippen LogP contribution < -0.4 is 10.6 Å². The molecule has 0 radical (unpaired) electrons. The Morgan fingerprint density at radius 1 is 0.864 bits per heavy atom. The van der Waals surface area contributed by atoms with E-state index >= 15 is 0 Å². The Balaban J connectivity index is 1.85. The number of morpholine rings is 1. The van der Waals surface area contributed by atoms with Crippen molar-refractivity contribution >= 4 is 17.8 Å². The summed E-state index contributed by atoms with van der Waals surface area (Å²) in [6.45, 7) is 4.28. The van der Waals surface area contributed by atoms with Gasteiger partial charge >= 0.3 is 0 Å². The van der Waals surface area contributed by atoms with Gasteiger partial charge < -0.3 is 9.30 Å². The van der Waals surface area contributed by atoms with Crippen molar-refractivity contribution in [1.82, 2.24) is 4.90 Å². The molecule has 1 heterocycles. The van der Waals surface area contributed by atoms with Crippen LogP contribution in [0.5, 0.6) is 0 Å². The van der Waals surface area contributed by atoms with Gasteiger partial charge in [0, 0.05) is 36.4 Å². The number of rotatable bonds is 5. The van der Waals surface area contributed by atoms with Crippen LogP contribution in [0.3, 0.4) is 0 Å². The van der Waals surface area contributed by atoms with Crippen molar-refractivity contribution in [2.45, 2.75) is 0 Å². The maximum atomic E-state index is 13.8. The summed E-state index contributed by atoms with van der Waals surface area (Å²) in [5, 5.41) is 1.91. The zero-order valence-electron chi connectivity index (χ0n) is 12.7. The summed E-state index contributed by atoms with van der Waals surface area (Å²) in [7, 11) is -2.57. The largest absolute Gasteiger partial charge is 0.379 e. The van der Waals surface area contributed by atoms with E-state index in [0.29, 0.717) is 6.16 Å². The molecule has 2 aromatic rings. The minimum Gasteiger partial charge on any atom is -0.379 e. The van der Waals surface area contributed by atoms with Crippen LogP contribution in [0, 0.1) is 0 Å². The quantitative estimate of drug-likeness (QED) is 0.793. The van der Waals surface area contributed by atoms with Gasteiger partial charge in [-0.25, -0.2) is 0 Å². The number of hydrogen-bond acceptors (Lipinski definition) is 3. The molecule has 1 aliphatic heterocycles. The molecular formula is C18H22NO2P. The van der Waals surface area contributed by atoms with Gasteiger partial charge in [-0.05, 0) is 0 Å². The molecule has 0 saturated carbocycles. The van der Waals surface area contributed by atoms with E-state index in [1.807, 2.05) is 60.7 Å². The van der Waals surface area contributed by atoms with Gasteiger partial charge in [0.15, 0.2) is 0 Å². The average molecular weight is 315 g/mol. The smallest absolute Gasteiger partial charge is 0.144 e. The van der Waals surface area contributed by atoms with E-state index in [-0.39, 0.29) is 0 Å². The molecule has 3 nitrogen and oxygen atoms in total. The van der Waals surface area contributed by atoms with E-state index in [4.69, 9.17) is 4.74 Å². The minimum atomic E-state index is -2.57. The van der Waals surface area contributed by atoms with Crippen molar-refractivity contribution in [2.75, 3.05) is 39.0 Å². The van der Waals surface area contributed by atoms with Crippen molar-refractivity contribution in [3.8, 4) is 0 Å². The Morgan fingerprint density at radius 2 is 1.36 bits per heavy atom. The third kappa shape index (κ3) is 3.49. The van der Waals surface area contributed by atoms with Gasteiger partial charge in [0.25, 0.3) is 0 Å². The predicted molar refractivity (Wildman–Crippen MR) is 91.9 cm³/mol. The lowest BCUT2D eigenvalue weighted by atomic mass is 10.4. The molecule has 116 valence electrons. The second kappa shape index (κ2) is 7.23. The zero-order valence-corrected chi connectivity index (χ0v) is 13.6. The van der Waals surface area contributed by atoms with Crippen LogP contribution in [0.15, 0.2) is 60.7 Å². The second-order valence-electron chi connectivity index (χ2n) is 5.59. The van der Waals surface area contributed by atoms with E-state index in [1.54, 1.807) is 0 Å². The van der Waals surface area contributed by atoms with Gasteiger partial charge in [0.05, 0.1) is 13.2 Å². The molecule has 0 spiro atoms. The first kappa shape index (κ1) is 15.5. The van der Waals surface area contributed by atoms with Crippen LogP contribution in [0.2, 0.25) is 0 Å². The summed E-state index contributed by atoms with van der Waals surface area (Å²) in [5.41, 5.74) is 0. The molecule has 0 amide bonds. The lowest BCUT2D eigenvalue weighted by Crippen LogP contribution is -2.39. The fourth-order valence-electron chi connectivity index (χ4n) is 2.85. The summed E-state index contributed by atoms with van der Waals surface area (Å²) in [4.78, 5) is 2.35. The van der Waals surface area contributed by atoms with Crippen LogP contribution in [0.25, 0.3) is 0 Å². The molecule has 3 rings (SSSR count). The molecule has 0 bridgehead atoms. The summed E-state index contributed by atoms with van der Waals surface area (Å²) in [6, 6.07) is 19.8. The van der Waals surface area contributed by atoms with Gasteiger partial charge in [-0.1, -0.05) is 60.7 Å². The van der Waals surface area contributed by atoms with Gasteiger partial charge in [-0.15, -0.1) is 0 Å². The number of hydrogen-bond donors (Lipinski definition) is 0. The Labute approximate surface area is 132 Å². The van der Waals surface area contributed by atoms with Gasteiger partial charge in [0.2, 0.25) is 0 Å². The summed E-state index contributed by atoms with van der Waals surface area (Å²) in [5.74, 6) is 0. The van der Waals surface area contributed by atoms with Crippen LogP contribution in [-0.2, 0) is 9.30 Å². The van der Waals surface area contributed by atoms with Gasteiger partial charge in [-0.2, -0.15) is 0 Å². The van der Waals surface area contributed by atoms with E-state index in [1.165, 1.54) is 0 Å². The van der Waals surface area contributed by atoms with E-state index < -0.39 is 7.14 Å². The molecule has 1 aliphatic rings. The Kier molecular flexibility index (Phi) is 5.09. The zero-order chi connectivity index (χ0) is 15.3.